The summed E-state index contributed by atoms with van der Waals surface area (Å²) in [6.07, 6.45) is 3.77. The van der Waals surface area contributed by atoms with E-state index in [4.69, 9.17) is 4.74 Å². The molecule has 2 heterocycles. The molecule has 1 aromatic rings. The van der Waals surface area contributed by atoms with Gasteiger partial charge in [-0.3, -0.25) is 4.90 Å². The molecule has 19 heavy (non-hydrogen) atoms. The Balaban J connectivity index is 1.66. The molecule has 1 aliphatic heterocycles. The number of likely N-dealkylation sites (tertiary alicyclic amines) is 1. The quantitative estimate of drug-likeness (QED) is 0.720. The third kappa shape index (κ3) is 5.12. The summed E-state index contributed by atoms with van der Waals surface area (Å²) >= 11 is 0. The summed E-state index contributed by atoms with van der Waals surface area (Å²) in [6, 6.07) is 3.88. The summed E-state index contributed by atoms with van der Waals surface area (Å²) in [5.41, 5.74) is 0.959. The Labute approximate surface area is 115 Å². The van der Waals surface area contributed by atoms with Gasteiger partial charge in [0.1, 0.15) is 6.61 Å². The first-order chi connectivity index (χ1) is 9.38. The molecule has 0 aliphatic carbocycles. The molecule has 0 atom stereocenters. The molecule has 0 aromatic carbocycles. The molecule has 0 amide bonds. The smallest absolute Gasteiger partial charge is 0.233 e. The summed E-state index contributed by atoms with van der Waals surface area (Å²) in [5.74, 6) is 0.624. The Kier molecular flexibility index (Phi) is 6.04. The fourth-order valence-electron chi connectivity index (χ4n) is 2.20. The standard InChI is InChI=1S/C14H24N4O/c1-2-7-15-12-13-5-6-14(17-16-13)19-11-10-18-8-3-4-9-18/h5-6,15H,2-4,7-12H2,1H3. The third-order valence-electron chi connectivity index (χ3n) is 3.28. The minimum absolute atomic E-state index is 0.624. The predicted molar refractivity (Wildman–Crippen MR) is 75.2 cm³/mol. The highest BCUT2D eigenvalue weighted by Crippen LogP contribution is 2.08. The van der Waals surface area contributed by atoms with E-state index in [0.717, 1.165) is 31.7 Å². The van der Waals surface area contributed by atoms with Crippen molar-refractivity contribution in [2.24, 2.45) is 0 Å². The van der Waals surface area contributed by atoms with E-state index in [-0.39, 0.29) is 0 Å². The predicted octanol–water partition coefficient (Wildman–Crippen LogP) is 1.45. The zero-order valence-electron chi connectivity index (χ0n) is 11.8. The van der Waals surface area contributed by atoms with Gasteiger partial charge in [-0.25, -0.2) is 0 Å². The van der Waals surface area contributed by atoms with Crippen LogP contribution in [0, 0.1) is 0 Å². The monoisotopic (exact) mass is 264 g/mol. The van der Waals surface area contributed by atoms with Crippen molar-refractivity contribution in [1.29, 1.82) is 0 Å². The van der Waals surface area contributed by atoms with E-state index in [2.05, 4.69) is 27.3 Å². The third-order valence-corrected chi connectivity index (χ3v) is 3.28. The molecule has 5 nitrogen and oxygen atoms in total. The maximum atomic E-state index is 5.61. The van der Waals surface area contributed by atoms with Gasteiger partial charge >= 0.3 is 0 Å². The SMILES string of the molecule is CCCNCc1ccc(OCCN2CCCC2)nn1. The number of hydrogen-bond donors (Lipinski definition) is 1. The lowest BCUT2D eigenvalue weighted by atomic mass is 10.3. The number of ether oxygens (including phenoxy) is 1. The molecular formula is C14H24N4O. The second-order valence-corrected chi connectivity index (χ2v) is 4.94. The second kappa shape index (κ2) is 8.07. The van der Waals surface area contributed by atoms with Gasteiger partial charge < -0.3 is 10.1 Å². The van der Waals surface area contributed by atoms with Crippen LogP contribution in [0.5, 0.6) is 5.88 Å². The molecule has 0 radical (unpaired) electrons. The van der Waals surface area contributed by atoms with Crippen LogP contribution in [0.3, 0.4) is 0 Å². The largest absolute Gasteiger partial charge is 0.475 e. The van der Waals surface area contributed by atoms with Gasteiger partial charge in [-0.1, -0.05) is 6.92 Å². The van der Waals surface area contributed by atoms with Gasteiger partial charge in [0.15, 0.2) is 0 Å². The molecule has 2 rings (SSSR count). The molecule has 5 heteroatoms. The molecule has 1 aromatic heterocycles. The van der Waals surface area contributed by atoms with Crippen LogP contribution < -0.4 is 10.1 Å². The highest BCUT2D eigenvalue weighted by molar-refractivity contribution is 5.11. The summed E-state index contributed by atoms with van der Waals surface area (Å²) < 4.78 is 5.61. The van der Waals surface area contributed by atoms with Gasteiger partial charge in [0, 0.05) is 19.2 Å². The molecule has 1 N–H and O–H groups in total. The Morgan fingerprint density at radius 3 is 2.79 bits per heavy atom. The Morgan fingerprint density at radius 1 is 1.26 bits per heavy atom. The van der Waals surface area contributed by atoms with E-state index in [0.29, 0.717) is 12.5 Å². The highest BCUT2D eigenvalue weighted by atomic mass is 16.5. The second-order valence-electron chi connectivity index (χ2n) is 4.94. The molecule has 0 spiro atoms. The lowest BCUT2D eigenvalue weighted by molar-refractivity contribution is 0.230. The minimum Gasteiger partial charge on any atom is -0.475 e. The number of nitrogens with one attached hydrogen (secondary N) is 1. The van der Waals surface area contributed by atoms with Crippen LogP contribution in [0.2, 0.25) is 0 Å². The van der Waals surface area contributed by atoms with E-state index in [1.807, 2.05) is 12.1 Å². The Bertz CT molecular complexity index is 349. The van der Waals surface area contributed by atoms with Crippen molar-refractivity contribution >= 4 is 0 Å². The van der Waals surface area contributed by atoms with Crippen molar-refractivity contribution < 1.29 is 4.74 Å². The average Bonchev–Trinajstić information content (AvgIpc) is 2.94. The molecular weight excluding hydrogens is 240 g/mol. The molecule has 0 saturated carbocycles. The van der Waals surface area contributed by atoms with Crippen molar-refractivity contribution in [3.05, 3.63) is 17.8 Å². The number of hydrogen-bond acceptors (Lipinski definition) is 5. The van der Waals surface area contributed by atoms with Crippen LogP contribution in [-0.2, 0) is 6.54 Å². The van der Waals surface area contributed by atoms with E-state index in [1.165, 1.54) is 25.9 Å². The summed E-state index contributed by atoms with van der Waals surface area (Å²) in [5, 5.41) is 11.5. The fraction of sp³-hybridized carbons (Fsp3) is 0.714. The Hall–Kier alpha value is -1.20. The molecule has 1 fully saturated rings. The van der Waals surface area contributed by atoms with Crippen LogP contribution in [0.15, 0.2) is 12.1 Å². The zero-order chi connectivity index (χ0) is 13.3. The summed E-state index contributed by atoms with van der Waals surface area (Å²) in [6.45, 7) is 8.03. The molecule has 1 aliphatic rings. The maximum Gasteiger partial charge on any atom is 0.233 e. The Morgan fingerprint density at radius 2 is 2.11 bits per heavy atom. The lowest BCUT2D eigenvalue weighted by Gasteiger charge is -2.14. The van der Waals surface area contributed by atoms with Gasteiger partial charge in [0.05, 0.1) is 5.69 Å². The maximum absolute atomic E-state index is 5.61. The van der Waals surface area contributed by atoms with E-state index < -0.39 is 0 Å². The number of aromatic nitrogens is 2. The van der Waals surface area contributed by atoms with Crippen molar-refractivity contribution in [3.8, 4) is 5.88 Å². The molecule has 1 saturated heterocycles. The van der Waals surface area contributed by atoms with Crippen LogP contribution in [0.25, 0.3) is 0 Å². The molecule has 106 valence electrons. The highest BCUT2D eigenvalue weighted by Gasteiger charge is 2.10. The van der Waals surface area contributed by atoms with Crippen molar-refractivity contribution in [1.82, 2.24) is 20.4 Å². The topological polar surface area (TPSA) is 50.3 Å². The van der Waals surface area contributed by atoms with Crippen LogP contribution in [-0.4, -0.2) is 47.9 Å². The zero-order valence-corrected chi connectivity index (χ0v) is 11.8. The van der Waals surface area contributed by atoms with Gasteiger partial charge in [0.2, 0.25) is 5.88 Å². The van der Waals surface area contributed by atoms with Crippen molar-refractivity contribution in [2.45, 2.75) is 32.7 Å². The van der Waals surface area contributed by atoms with Crippen molar-refractivity contribution in [2.75, 3.05) is 32.8 Å². The van der Waals surface area contributed by atoms with E-state index >= 15 is 0 Å². The van der Waals surface area contributed by atoms with Gasteiger partial charge in [-0.05, 0) is 45.0 Å². The average molecular weight is 264 g/mol. The van der Waals surface area contributed by atoms with Crippen LogP contribution in [0.1, 0.15) is 31.9 Å². The van der Waals surface area contributed by atoms with Crippen LogP contribution >= 0.6 is 0 Å². The summed E-state index contributed by atoms with van der Waals surface area (Å²) in [7, 11) is 0. The number of rotatable bonds is 8. The normalized spacial score (nSPS) is 15.8. The van der Waals surface area contributed by atoms with Gasteiger partial charge in [0.25, 0.3) is 0 Å². The van der Waals surface area contributed by atoms with Crippen molar-refractivity contribution in [3.63, 3.8) is 0 Å². The summed E-state index contributed by atoms with van der Waals surface area (Å²) in [4.78, 5) is 2.43. The molecule has 0 unspecified atom stereocenters. The van der Waals surface area contributed by atoms with E-state index in [9.17, 15) is 0 Å². The van der Waals surface area contributed by atoms with Gasteiger partial charge in [-0.15, -0.1) is 5.10 Å². The van der Waals surface area contributed by atoms with Crippen LogP contribution in [0.4, 0.5) is 0 Å². The fourth-order valence-corrected chi connectivity index (χ4v) is 2.20. The first kappa shape index (κ1) is 14.2. The first-order valence-corrected chi connectivity index (χ1v) is 7.27. The minimum atomic E-state index is 0.624. The van der Waals surface area contributed by atoms with E-state index in [1.54, 1.807) is 0 Å². The van der Waals surface area contributed by atoms with Gasteiger partial charge in [-0.2, -0.15) is 5.10 Å². The molecule has 0 bridgehead atoms. The number of nitrogens with zero attached hydrogens (tertiary/aromatic N) is 3. The first-order valence-electron chi connectivity index (χ1n) is 7.27. The lowest BCUT2D eigenvalue weighted by Crippen LogP contribution is -2.25.